The first-order chi connectivity index (χ1) is 16.3. The van der Waals surface area contributed by atoms with Gasteiger partial charge in [-0.15, -0.1) is 0 Å². The number of esters is 1. The zero-order valence-electron chi connectivity index (χ0n) is 19.4. The molecule has 1 aliphatic rings. The Bertz CT molecular complexity index is 1310. The van der Waals surface area contributed by atoms with Crippen LogP contribution in [0.2, 0.25) is 0 Å². The van der Waals surface area contributed by atoms with Gasteiger partial charge in [0.25, 0.3) is 11.8 Å². The molecule has 0 spiro atoms. The maximum absolute atomic E-state index is 13.1. The van der Waals surface area contributed by atoms with Crippen LogP contribution in [0.4, 0.5) is 11.4 Å². The van der Waals surface area contributed by atoms with Crippen molar-refractivity contribution in [3.05, 3.63) is 94.5 Å². The summed E-state index contributed by atoms with van der Waals surface area (Å²) in [5, 5.41) is 6.25. The van der Waals surface area contributed by atoms with Gasteiger partial charge in [-0.1, -0.05) is 30.3 Å². The second-order valence-electron chi connectivity index (χ2n) is 8.18. The van der Waals surface area contributed by atoms with Gasteiger partial charge < -0.3 is 20.3 Å². The molecule has 2 N–H and O–H groups in total. The number of rotatable bonds is 5. The molecule has 34 heavy (non-hydrogen) atoms. The number of methoxy groups -OCH3 is 1. The molecule has 0 atom stereocenters. The standard InChI is InChI=1S/C27H25N3O4/c1-16-14-21-22(15-20(16)27(33)34-4)29-25(31)23(21)24(17-8-6-5-7-9-17)28-19-12-10-18(11-13-19)26(32)30(2)3/h5-15,28H,1-4H3,(H,29,31)/b24-23-. The summed E-state index contributed by atoms with van der Waals surface area (Å²) in [6.07, 6.45) is 0. The number of carbonyl (C=O) groups excluding carboxylic acids is 3. The van der Waals surface area contributed by atoms with Crippen LogP contribution in [-0.4, -0.2) is 43.9 Å². The molecular formula is C27H25N3O4. The van der Waals surface area contributed by atoms with Crippen molar-refractivity contribution < 1.29 is 19.1 Å². The molecular weight excluding hydrogens is 430 g/mol. The third-order valence-corrected chi connectivity index (χ3v) is 5.63. The minimum Gasteiger partial charge on any atom is -0.465 e. The summed E-state index contributed by atoms with van der Waals surface area (Å²) in [4.78, 5) is 39.0. The van der Waals surface area contributed by atoms with Gasteiger partial charge >= 0.3 is 5.97 Å². The van der Waals surface area contributed by atoms with Gasteiger partial charge in [0.05, 0.1) is 29.6 Å². The van der Waals surface area contributed by atoms with E-state index in [0.29, 0.717) is 39.2 Å². The third-order valence-electron chi connectivity index (χ3n) is 5.63. The topological polar surface area (TPSA) is 87.7 Å². The van der Waals surface area contributed by atoms with Crippen LogP contribution in [0.15, 0.2) is 66.7 Å². The number of fused-ring (bicyclic) bond motifs is 1. The molecule has 0 saturated heterocycles. The van der Waals surface area contributed by atoms with Crippen molar-refractivity contribution in [3.8, 4) is 0 Å². The van der Waals surface area contributed by atoms with Gasteiger partial charge in [-0.25, -0.2) is 4.79 Å². The van der Waals surface area contributed by atoms with Crippen LogP contribution in [0, 0.1) is 6.92 Å². The lowest BCUT2D eigenvalue weighted by Gasteiger charge is -2.16. The molecule has 0 aliphatic carbocycles. The van der Waals surface area contributed by atoms with Crippen LogP contribution < -0.4 is 10.6 Å². The summed E-state index contributed by atoms with van der Waals surface area (Å²) in [7, 11) is 4.74. The molecule has 1 aliphatic heterocycles. The van der Waals surface area contributed by atoms with Crippen LogP contribution in [0.3, 0.4) is 0 Å². The zero-order chi connectivity index (χ0) is 24.4. The monoisotopic (exact) mass is 455 g/mol. The number of aryl methyl sites for hydroxylation is 1. The smallest absolute Gasteiger partial charge is 0.338 e. The number of nitrogens with one attached hydrogen (secondary N) is 2. The fraction of sp³-hybridized carbons (Fsp3) is 0.148. The average molecular weight is 456 g/mol. The number of hydrogen-bond donors (Lipinski definition) is 2. The van der Waals surface area contributed by atoms with Crippen molar-refractivity contribution >= 4 is 40.4 Å². The van der Waals surface area contributed by atoms with E-state index in [4.69, 9.17) is 4.74 Å². The molecule has 0 aromatic heterocycles. The minimum absolute atomic E-state index is 0.0887. The van der Waals surface area contributed by atoms with Crippen molar-refractivity contribution in [2.45, 2.75) is 6.92 Å². The highest BCUT2D eigenvalue weighted by Crippen LogP contribution is 2.39. The number of nitrogens with zero attached hydrogens (tertiary/aromatic N) is 1. The Hall–Kier alpha value is -4.39. The van der Waals surface area contributed by atoms with Gasteiger partial charge in [-0.2, -0.15) is 0 Å². The Labute approximate surface area is 198 Å². The second-order valence-corrected chi connectivity index (χ2v) is 8.18. The van der Waals surface area contributed by atoms with Gasteiger partial charge in [0.15, 0.2) is 0 Å². The first kappa shape index (κ1) is 22.8. The lowest BCUT2D eigenvalue weighted by Crippen LogP contribution is -2.21. The summed E-state index contributed by atoms with van der Waals surface area (Å²) in [5.74, 6) is -0.822. The largest absolute Gasteiger partial charge is 0.465 e. The van der Waals surface area contributed by atoms with E-state index in [1.54, 1.807) is 44.4 Å². The van der Waals surface area contributed by atoms with Crippen LogP contribution in [0.25, 0.3) is 11.3 Å². The van der Waals surface area contributed by atoms with Gasteiger partial charge in [-0.3, -0.25) is 9.59 Å². The Morgan fingerprint density at radius 2 is 1.62 bits per heavy atom. The zero-order valence-corrected chi connectivity index (χ0v) is 19.4. The molecule has 7 heteroatoms. The van der Waals surface area contributed by atoms with Gasteiger partial charge in [0, 0.05) is 30.9 Å². The molecule has 7 nitrogen and oxygen atoms in total. The first-order valence-corrected chi connectivity index (χ1v) is 10.7. The van der Waals surface area contributed by atoms with E-state index < -0.39 is 5.97 Å². The summed E-state index contributed by atoms with van der Waals surface area (Å²) in [6.45, 7) is 1.81. The maximum atomic E-state index is 13.1. The van der Waals surface area contributed by atoms with Crippen molar-refractivity contribution in [2.75, 3.05) is 31.8 Å². The van der Waals surface area contributed by atoms with E-state index in [2.05, 4.69) is 10.6 Å². The van der Waals surface area contributed by atoms with Crippen LogP contribution in [0.5, 0.6) is 0 Å². The van der Waals surface area contributed by atoms with E-state index in [9.17, 15) is 14.4 Å². The lowest BCUT2D eigenvalue weighted by atomic mass is 9.96. The summed E-state index contributed by atoms with van der Waals surface area (Å²) in [5.41, 5.74) is 5.56. The Morgan fingerprint density at radius 3 is 2.24 bits per heavy atom. The molecule has 0 saturated carbocycles. The van der Waals surface area contributed by atoms with Crippen molar-refractivity contribution in [1.82, 2.24) is 4.90 Å². The van der Waals surface area contributed by atoms with E-state index in [0.717, 1.165) is 11.3 Å². The highest BCUT2D eigenvalue weighted by atomic mass is 16.5. The predicted molar refractivity (Wildman–Crippen MR) is 132 cm³/mol. The number of amides is 2. The number of ether oxygens (including phenoxy) is 1. The van der Waals surface area contributed by atoms with Gasteiger partial charge in [0.2, 0.25) is 0 Å². The molecule has 0 fully saturated rings. The number of anilines is 2. The Kier molecular flexibility index (Phi) is 6.19. The van der Waals surface area contributed by atoms with Crippen molar-refractivity contribution in [3.63, 3.8) is 0 Å². The number of hydrogen-bond acceptors (Lipinski definition) is 5. The van der Waals surface area contributed by atoms with Gasteiger partial charge in [0.1, 0.15) is 0 Å². The molecule has 0 bridgehead atoms. The van der Waals surface area contributed by atoms with E-state index in [1.165, 1.54) is 12.0 Å². The fourth-order valence-corrected chi connectivity index (χ4v) is 3.89. The number of carbonyl (C=O) groups is 3. The maximum Gasteiger partial charge on any atom is 0.338 e. The molecule has 2 amide bonds. The van der Waals surface area contributed by atoms with Crippen LogP contribution in [0.1, 0.15) is 37.4 Å². The van der Waals surface area contributed by atoms with Crippen molar-refractivity contribution in [2.24, 2.45) is 0 Å². The predicted octanol–water partition coefficient (Wildman–Crippen LogP) is 4.42. The van der Waals surface area contributed by atoms with E-state index in [1.807, 2.05) is 43.3 Å². The molecule has 0 unspecified atom stereocenters. The van der Waals surface area contributed by atoms with Crippen LogP contribution >= 0.6 is 0 Å². The Morgan fingerprint density at radius 1 is 0.941 bits per heavy atom. The molecule has 3 aromatic rings. The summed E-state index contributed by atoms with van der Waals surface area (Å²) >= 11 is 0. The quantitative estimate of drug-likeness (QED) is 0.439. The summed E-state index contributed by atoms with van der Waals surface area (Å²) < 4.78 is 4.86. The molecule has 0 radical (unpaired) electrons. The normalized spacial score (nSPS) is 13.6. The molecule has 172 valence electrons. The van der Waals surface area contributed by atoms with E-state index >= 15 is 0 Å². The average Bonchev–Trinajstić information content (AvgIpc) is 3.16. The molecule has 1 heterocycles. The Balaban J connectivity index is 1.82. The lowest BCUT2D eigenvalue weighted by molar-refractivity contribution is -0.110. The highest BCUT2D eigenvalue weighted by molar-refractivity contribution is 6.37. The highest BCUT2D eigenvalue weighted by Gasteiger charge is 2.30. The SMILES string of the molecule is COC(=O)c1cc2c(cc1C)/C(=C(/Nc1ccc(C(=O)N(C)C)cc1)c1ccccc1)C(=O)N2. The minimum atomic E-state index is -0.458. The molecule has 3 aromatic carbocycles. The number of benzene rings is 3. The van der Waals surface area contributed by atoms with Crippen LogP contribution in [-0.2, 0) is 9.53 Å². The first-order valence-electron chi connectivity index (χ1n) is 10.7. The summed E-state index contributed by atoms with van der Waals surface area (Å²) in [6, 6.07) is 20.1. The third kappa shape index (κ3) is 4.28. The van der Waals surface area contributed by atoms with Crippen molar-refractivity contribution in [1.29, 1.82) is 0 Å². The second kappa shape index (κ2) is 9.23. The van der Waals surface area contributed by atoms with Gasteiger partial charge in [-0.05, 0) is 54.4 Å². The van der Waals surface area contributed by atoms with E-state index in [-0.39, 0.29) is 11.8 Å². The molecule has 4 rings (SSSR count). The fourth-order valence-electron chi connectivity index (χ4n) is 3.89.